The van der Waals surface area contributed by atoms with Gasteiger partial charge in [0.25, 0.3) is 0 Å². The highest BCUT2D eigenvalue weighted by Gasteiger charge is 2.31. The lowest BCUT2D eigenvalue weighted by Gasteiger charge is -2.42. The topological polar surface area (TPSA) is 90.9 Å². The number of phenolic OH excluding ortho intramolecular Hbond substituents is 1. The summed E-state index contributed by atoms with van der Waals surface area (Å²) in [6.07, 6.45) is 1.84. The molecule has 0 atom stereocenters. The number of anilines is 1. The molecule has 2 aliphatic heterocycles. The van der Waals surface area contributed by atoms with Gasteiger partial charge in [-0.25, -0.2) is 13.7 Å². The Morgan fingerprint density at radius 2 is 1.84 bits per heavy atom. The SMILES string of the molecule is CN(C)C1CN(c2nc(N=S3CCC(N)CC3)c3cc(Cl)c(-c4cc(O)cc5ccccc45)c(F)c3n2)C1. The van der Waals surface area contributed by atoms with E-state index >= 15 is 4.39 Å². The lowest BCUT2D eigenvalue weighted by Crippen LogP contribution is -2.58. The summed E-state index contributed by atoms with van der Waals surface area (Å²) in [6.45, 7) is 1.52. The molecule has 10 heteroatoms. The molecule has 1 aromatic heterocycles. The van der Waals surface area contributed by atoms with E-state index in [0.29, 0.717) is 28.8 Å². The van der Waals surface area contributed by atoms with Crippen LogP contribution >= 0.6 is 11.6 Å². The fraction of sp³-hybridized carbons (Fsp3) is 0.357. The number of nitrogens with two attached hydrogens (primary N) is 1. The number of hydrogen-bond acceptors (Lipinski definition) is 7. The largest absolute Gasteiger partial charge is 0.508 e. The molecule has 3 heterocycles. The Morgan fingerprint density at radius 3 is 2.58 bits per heavy atom. The van der Waals surface area contributed by atoms with Crippen LogP contribution in [-0.2, 0) is 10.7 Å². The molecule has 6 rings (SSSR count). The number of aromatic nitrogens is 2. The first-order valence-electron chi connectivity index (χ1n) is 12.8. The van der Waals surface area contributed by atoms with E-state index in [0.717, 1.165) is 48.2 Å². The van der Waals surface area contributed by atoms with Crippen LogP contribution < -0.4 is 10.6 Å². The van der Waals surface area contributed by atoms with E-state index in [1.807, 2.05) is 38.4 Å². The van der Waals surface area contributed by atoms with Crippen molar-refractivity contribution >= 4 is 55.7 Å². The molecule has 7 nitrogen and oxygen atoms in total. The van der Waals surface area contributed by atoms with Gasteiger partial charge in [0, 0.05) is 42.2 Å². The molecule has 3 N–H and O–H groups in total. The van der Waals surface area contributed by atoms with E-state index in [-0.39, 0.29) is 38.6 Å². The van der Waals surface area contributed by atoms with Gasteiger partial charge in [-0.2, -0.15) is 4.98 Å². The van der Waals surface area contributed by atoms with Crippen LogP contribution in [0.3, 0.4) is 0 Å². The average molecular weight is 553 g/mol. The minimum atomic E-state index is -0.540. The Balaban J connectivity index is 1.55. The number of halogens is 2. The van der Waals surface area contributed by atoms with Crippen molar-refractivity contribution in [2.75, 3.05) is 43.6 Å². The van der Waals surface area contributed by atoms with Gasteiger partial charge < -0.3 is 20.6 Å². The molecule has 3 aromatic carbocycles. The first kappa shape index (κ1) is 25.4. The molecule has 0 aliphatic carbocycles. The van der Waals surface area contributed by atoms with E-state index in [2.05, 4.69) is 9.80 Å². The van der Waals surface area contributed by atoms with Gasteiger partial charge in [0.2, 0.25) is 5.95 Å². The quantitative estimate of drug-likeness (QED) is 0.359. The van der Waals surface area contributed by atoms with Crippen molar-refractivity contribution in [2.45, 2.75) is 24.9 Å². The normalized spacial score (nSPS) is 20.3. The van der Waals surface area contributed by atoms with Crippen LogP contribution in [0.2, 0.25) is 5.02 Å². The van der Waals surface area contributed by atoms with Crippen LogP contribution in [0.25, 0.3) is 32.8 Å². The first-order chi connectivity index (χ1) is 18.3. The molecular formula is C28H30ClFN6OS. The molecule has 2 fully saturated rings. The molecule has 0 saturated carbocycles. The van der Waals surface area contributed by atoms with Crippen LogP contribution in [-0.4, -0.2) is 70.7 Å². The monoisotopic (exact) mass is 552 g/mol. The predicted molar refractivity (Wildman–Crippen MR) is 155 cm³/mol. The summed E-state index contributed by atoms with van der Waals surface area (Å²) in [6, 6.07) is 13.1. The third-order valence-corrected chi connectivity index (χ3v) is 9.65. The minimum absolute atomic E-state index is 0.0420. The zero-order chi connectivity index (χ0) is 26.6. The number of rotatable bonds is 4. The van der Waals surface area contributed by atoms with Crippen molar-refractivity contribution in [3.8, 4) is 16.9 Å². The average Bonchev–Trinajstić information content (AvgIpc) is 2.85. The second kappa shape index (κ2) is 10.0. The highest BCUT2D eigenvalue weighted by molar-refractivity contribution is 7.87. The maximum Gasteiger partial charge on any atom is 0.228 e. The van der Waals surface area contributed by atoms with E-state index in [9.17, 15) is 5.11 Å². The fourth-order valence-electron chi connectivity index (χ4n) is 5.11. The van der Waals surface area contributed by atoms with E-state index in [4.69, 9.17) is 31.7 Å². The zero-order valence-corrected chi connectivity index (χ0v) is 22.9. The number of nitrogens with zero attached hydrogens (tertiary/aromatic N) is 5. The molecule has 38 heavy (non-hydrogen) atoms. The van der Waals surface area contributed by atoms with Crippen molar-refractivity contribution in [1.29, 1.82) is 0 Å². The van der Waals surface area contributed by atoms with E-state index in [1.54, 1.807) is 18.2 Å². The molecule has 2 aliphatic rings. The summed E-state index contributed by atoms with van der Waals surface area (Å²) in [7, 11) is 3.86. The lowest BCUT2D eigenvalue weighted by molar-refractivity contribution is 0.245. The summed E-state index contributed by atoms with van der Waals surface area (Å²) in [5, 5.41) is 12.7. The summed E-state index contributed by atoms with van der Waals surface area (Å²) < 4.78 is 21.5. The number of fused-ring (bicyclic) bond motifs is 2. The predicted octanol–water partition coefficient (Wildman–Crippen LogP) is 5.25. The summed E-state index contributed by atoms with van der Waals surface area (Å²) >= 11 is 6.78. The maximum absolute atomic E-state index is 16.5. The highest BCUT2D eigenvalue weighted by Crippen LogP contribution is 2.42. The highest BCUT2D eigenvalue weighted by atomic mass is 35.5. The Labute approximate surface area is 228 Å². The Bertz CT molecular complexity index is 1580. The van der Waals surface area contributed by atoms with Crippen molar-refractivity contribution < 1.29 is 9.50 Å². The number of hydrogen-bond donors (Lipinski definition) is 2. The van der Waals surface area contributed by atoms with Gasteiger partial charge >= 0.3 is 0 Å². The Hall–Kier alpha value is -2.85. The van der Waals surface area contributed by atoms with Gasteiger partial charge in [-0.1, -0.05) is 46.6 Å². The van der Waals surface area contributed by atoms with Crippen LogP contribution in [0.5, 0.6) is 5.75 Å². The van der Waals surface area contributed by atoms with E-state index < -0.39 is 5.82 Å². The molecule has 0 radical (unpaired) electrons. The van der Waals surface area contributed by atoms with Crippen molar-refractivity contribution in [2.24, 2.45) is 10.1 Å². The van der Waals surface area contributed by atoms with Crippen LogP contribution in [0.1, 0.15) is 12.8 Å². The molecule has 0 bridgehead atoms. The standard InChI is InChI=1S/C28H30ClFN6OS/c1-35(2)18-14-36(15-18)28-32-26-22(27(33-28)34-38-9-7-17(31)8-10-38)13-23(29)24(25(26)30)21-12-19(37)11-16-5-3-4-6-20(16)21/h3-6,11-13,17-18,37H,7-10,14-15,31H2,1-2H3. The molecule has 0 unspecified atom stereocenters. The summed E-state index contributed by atoms with van der Waals surface area (Å²) in [5.74, 6) is 2.25. The van der Waals surface area contributed by atoms with Crippen LogP contribution in [0.15, 0.2) is 46.8 Å². The minimum Gasteiger partial charge on any atom is -0.508 e. The lowest BCUT2D eigenvalue weighted by atomic mass is 9.96. The maximum atomic E-state index is 16.5. The number of phenols is 1. The van der Waals surface area contributed by atoms with Crippen molar-refractivity contribution in [1.82, 2.24) is 14.9 Å². The smallest absolute Gasteiger partial charge is 0.228 e. The summed E-state index contributed by atoms with van der Waals surface area (Å²) in [5.41, 5.74) is 7.03. The van der Waals surface area contributed by atoms with Gasteiger partial charge in [0.1, 0.15) is 11.3 Å². The Morgan fingerprint density at radius 1 is 1.11 bits per heavy atom. The molecule has 0 spiro atoms. The molecule has 4 aromatic rings. The van der Waals surface area contributed by atoms with Gasteiger partial charge in [0.05, 0.1) is 10.4 Å². The van der Waals surface area contributed by atoms with Gasteiger partial charge in [0.15, 0.2) is 11.6 Å². The first-order valence-corrected chi connectivity index (χ1v) is 14.7. The van der Waals surface area contributed by atoms with Gasteiger partial charge in [-0.05, 0) is 61.5 Å². The zero-order valence-electron chi connectivity index (χ0n) is 21.4. The number of benzene rings is 3. The fourth-order valence-corrected chi connectivity index (χ4v) is 7.32. The number of likely N-dealkylation sites (N-methyl/N-ethyl adjacent to an activating group) is 1. The molecule has 0 amide bonds. The number of aromatic hydroxyl groups is 1. The molecule has 2 saturated heterocycles. The third-order valence-electron chi connectivity index (χ3n) is 7.51. The van der Waals surface area contributed by atoms with Gasteiger partial charge in [-0.3, -0.25) is 0 Å². The second-order valence-electron chi connectivity index (χ2n) is 10.3. The van der Waals surface area contributed by atoms with Crippen molar-refractivity contribution in [3.05, 3.63) is 53.3 Å². The van der Waals surface area contributed by atoms with Crippen LogP contribution in [0, 0.1) is 5.82 Å². The van der Waals surface area contributed by atoms with Gasteiger partial charge in [-0.15, -0.1) is 0 Å². The van der Waals surface area contributed by atoms with E-state index in [1.165, 1.54) is 0 Å². The van der Waals surface area contributed by atoms with Crippen LogP contribution in [0.4, 0.5) is 16.2 Å². The molecule has 198 valence electrons. The van der Waals surface area contributed by atoms with Crippen molar-refractivity contribution in [3.63, 3.8) is 0 Å². The summed E-state index contributed by atoms with van der Waals surface area (Å²) in [4.78, 5) is 13.8. The second-order valence-corrected chi connectivity index (χ2v) is 12.7. The third kappa shape index (κ3) is 4.62. The molecular weight excluding hydrogens is 523 g/mol. The Kier molecular flexibility index (Phi) is 6.72.